The minimum absolute atomic E-state index is 0.196. The van der Waals surface area contributed by atoms with E-state index in [9.17, 15) is 5.11 Å². The fourth-order valence-corrected chi connectivity index (χ4v) is 1.70. The summed E-state index contributed by atoms with van der Waals surface area (Å²) >= 11 is 0. The van der Waals surface area contributed by atoms with Crippen LogP contribution in [0.1, 0.15) is 24.9 Å². The first-order valence-electron chi connectivity index (χ1n) is 5.63. The van der Waals surface area contributed by atoms with E-state index in [-0.39, 0.29) is 12.1 Å². The van der Waals surface area contributed by atoms with Gasteiger partial charge in [-0.1, -0.05) is 0 Å². The van der Waals surface area contributed by atoms with E-state index in [0.717, 1.165) is 13.0 Å². The Morgan fingerprint density at radius 1 is 1.44 bits per heavy atom. The Morgan fingerprint density at radius 3 is 2.56 bits per heavy atom. The summed E-state index contributed by atoms with van der Waals surface area (Å²) in [5.74, 6) is 0. The number of likely N-dealkylation sites (N-methyl/N-ethyl adjacent to an activating group) is 1. The number of pyridine rings is 1. The standard InChI is InChI=1S/C12H21N3O/c1-10(16)5-8-15(2)12(9-13)11-3-6-14-7-4-11/h3-4,6-7,10,12,16H,5,8-9,13H2,1-2H3. The molecule has 1 aromatic rings. The second-order valence-corrected chi connectivity index (χ2v) is 4.15. The number of rotatable bonds is 6. The third-order valence-corrected chi connectivity index (χ3v) is 2.75. The largest absolute Gasteiger partial charge is 0.393 e. The van der Waals surface area contributed by atoms with Gasteiger partial charge in [-0.3, -0.25) is 9.88 Å². The molecule has 3 N–H and O–H groups in total. The molecular formula is C12H21N3O. The molecule has 0 saturated heterocycles. The van der Waals surface area contributed by atoms with Gasteiger partial charge in [0.2, 0.25) is 0 Å². The third kappa shape index (κ3) is 3.89. The summed E-state index contributed by atoms with van der Waals surface area (Å²) in [4.78, 5) is 6.16. The van der Waals surface area contributed by atoms with Crippen LogP contribution in [0, 0.1) is 0 Å². The van der Waals surface area contributed by atoms with Crippen molar-refractivity contribution in [1.82, 2.24) is 9.88 Å². The Hall–Kier alpha value is -0.970. The summed E-state index contributed by atoms with van der Waals surface area (Å²) < 4.78 is 0. The molecule has 0 saturated carbocycles. The molecule has 0 aliphatic carbocycles. The number of nitrogens with two attached hydrogens (primary N) is 1. The van der Waals surface area contributed by atoms with E-state index in [4.69, 9.17) is 5.73 Å². The molecule has 0 aliphatic rings. The molecule has 4 nitrogen and oxygen atoms in total. The maximum Gasteiger partial charge on any atom is 0.0524 e. The molecule has 90 valence electrons. The van der Waals surface area contributed by atoms with Crippen LogP contribution in [0.5, 0.6) is 0 Å². The highest BCUT2D eigenvalue weighted by molar-refractivity contribution is 5.15. The molecule has 16 heavy (non-hydrogen) atoms. The van der Waals surface area contributed by atoms with Crippen molar-refractivity contribution < 1.29 is 5.11 Å². The molecule has 1 aromatic heterocycles. The Kier molecular flexibility index (Phi) is 5.38. The summed E-state index contributed by atoms with van der Waals surface area (Å²) in [6.45, 7) is 3.21. The lowest BCUT2D eigenvalue weighted by Gasteiger charge is -2.27. The van der Waals surface area contributed by atoms with Gasteiger partial charge in [-0.05, 0) is 38.1 Å². The van der Waals surface area contributed by atoms with Crippen molar-refractivity contribution in [3.63, 3.8) is 0 Å². The average Bonchev–Trinajstić information content (AvgIpc) is 2.29. The van der Waals surface area contributed by atoms with Crippen LogP contribution in [0.3, 0.4) is 0 Å². The minimum atomic E-state index is -0.265. The highest BCUT2D eigenvalue weighted by atomic mass is 16.3. The normalized spacial score (nSPS) is 15.1. The van der Waals surface area contributed by atoms with Gasteiger partial charge in [0, 0.05) is 31.5 Å². The van der Waals surface area contributed by atoms with Gasteiger partial charge in [0.1, 0.15) is 0 Å². The van der Waals surface area contributed by atoms with Gasteiger partial charge < -0.3 is 10.8 Å². The first kappa shape index (κ1) is 13.1. The lowest BCUT2D eigenvalue weighted by Crippen LogP contribution is -2.32. The maximum absolute atomic E-state index is 9.26. The third-order valence-electron chi connectivity index (χ3n) is 2.75. The molecule has 0 aromatic carbocycles. The van der Waals surface area contributed by atoms with Crippen LogP contribution in [0.15, 0.2) is 24.5 Å². The molecule has 0 spiro atoms. The highest BCUT2D eigenvalue weighted by Gasteiger charge is 2.15. The summed E-state index contributed by atoms with van der Waals surface area (Å²) in [7, 11) is 2.03. The lowest BCUT2D eigenvalue weighted by molar-refractivity contribution is 0.150. The molecule has 0 radical (unpaired) electrons. The molecular weight excluding hydrogens is 202 g/mol. The molecule has 2 atom stereocenters. The quantitative estimate of drug-likeness (QED) is 0.748. The maximum atomic E-state index is 9.26. The van der Waals surface area contributed by atoms with Gasteiger partial charge >= 0.3 is 0 Å². The van der Waals surface area contributed by atoms with Crippen molar-refractivity contribution in [3.05, 3.63) is 30.1 Å². The second kappa shape index (κ2) is 6.58. The van der Waals surface area contributed by atoms with Gasteiger partial charge in [0.05, 0.1) is 6.10 Å². The van der Waals surface area contributed by atoms with Crippen molar-refractivity contribution in [2.45, 2.75) is 25.5 Å². The first-order chi connectivity index (χ1) is 7.65. The van der Waals surface area contributed by atoms with Crippen molar-refractivity contribution >= 4 is 0 Å². The van der Waals surface area contributed by atoms with E-state index < -0.39 is 0 Å². The van der Waals surface area contributed by atoms with Gasteiger partial charge in [0.15, 0.2) is 0 Å². The number of aromatic nitrogens is 1. The number of aliphatic hydroxyl groups is 1. The molecule has 4 heteroatoms. The zero-order valence-corrected chi connectivity index (χ0v) is 10.0. The van der Waals surface area contributed by atoms with Crippen molar-refractivity contribution in [2.24, 2.45) is 5.73 Å². The molecule has 2 unspecified atom stereocenters. The summed E-state index contributed by atoms with van der Waals surface area (Å²) in [6, 6.07) is 4.16. The SMILES string of the molecule is CC(O)CCN(C)C(CN)c1ccncc1. The monoisotopic (exact) mass is 223 g/mol. The summed E-state index contributed by atoms with van der Waals surface area (Å²) in [6.07, 6.45) is 4.05. The predicted molar refractivity (Wildman–Crippen MR) is 65.0 cm³/mol. The van der Waals surface area contributed by atoms with Crippen LogP contribution in [0.2, 0.25) is 0 Å². The number of aliphatic hydroxyl groups excluding tert-OH is 1. The minimum Gasteiger partial charge on any atom is -0.393 e. The van der Waals surface area contributed by atoms with E-state index >= 15 is 0 Å². The van der Waals surface area contributed by atoms with Crippen LogP contribution < -0.4 is 5.73 Å². The lowest BCUT2D eigenvalue weighted by atomic mass is 10.1. The van der Waals surface area contributed by atoms with E-state index in [0.29, 0.717) is 6.54 Å². The molecule has 0 amide bonds. The number of nitrogens with zero attached hydrogens (tertiary/aromatic N) is 2. The van der Waals surface area contributed by atoms with Gasteiger partial charge in [-0.15, -0.1) is 0 Å². The van der Waals surface area contributed by atoms with E-state index in [1.54, 1.807) is 19.3 Å². The van der Waals surface area contributed by atoms with Crippen LogP contribution in [-0.4, -0.2) is 41.2 Å². The molecule has 0 fully saturated rings. The first-order valence-corrected chi connectivity index (χ1v) is 5.63. The fourth-order valence-electron chi connectivity index (χ4n) is 1.70. The zero-order chi connectivity index (χ0) is 12.0. The second-order valence-electron chi connectivity index (χ2n) is 4.15. The summed E-state index contributed by atoms with van der Waals surface area (Å²) in [5.41, 5.74) is 6.96. The number of hydrogen-bond acceptors (Lipinski definition) is 4. The van der Waals surface area contributed by atoms with Gasteiger partial charge in [0.25, 0.3) is 0 Å². The average molecular weight is 223 g/mol. The molecule has 1 rings (SSSR count). The zero-order valence-electron chi connectivity index (χ0n) is 10.0. The molecule has 0 bridgehead atoms. The Bertz CT molecular complexity index is 290. The van der Waals surface area contributed by atoms with Gasteiger partial charge in [-0.2, -0.15) is 0 Å². The number of hydrogen-bond donors (Lipinski definition) is 2. The van der Waals surface area contributed by atoms with Crippen molar-refractivity contribution in [3.8, 4) is 0 Å². The Balaban J connectivity index is 2.60. The van der Waals surface area contributed by atoms with Crippen LogP contribution in [-0.2, 0) is 0 Å². The predicted octanol–water partition coefficient (Wildman–Crippen LogP) is 0.784. The van der Waals surface area contributed by atoms with E-state index in [1.165, 1.54) is 5.56 Å². The Labute approximate surface area is 97.1 Å². The van der Waals surface area contributed by atoms with Crippen molar-refractivity contribution in [1.29, 1.82) is 0 Å². The van der Waals surface area contributed by atoms with Crippen LogP contribution >= 0.6 is 0 Å². The smallest absolute Gasteiger partial charge is 0.0524 e. The molecule has 0 aliphatic heterocycles. The van der Waals surface area contributed by atoms with Gasteiger partial charge in [-0.25, -0.2) is 0 Å². The molecule has 1 heterocycles. The van der Waals surface area contributed by atoms with Crippen molar-refractivity contribution in [2.75, 3.05) is 20.1 Å². The van der Waals surface area contributed by atoms with E-state index in [2.05, 4.69) is 9.88 Å². The highest BCUT2D eigenvalue weighted by Crippen LogP contribution is 2.17. The van der Waals surface area contributed by atoms with E-state index in [1.807, 2.05) is 19.2 Å². The summed E-state index contributed by atoms with van der Waals surface area (Å²) in [5, 5.41) is 9.26. The Morgan fingerprint density at radius 2 is 2.06 bits per heavy atom. The topological polar surface area (TPSA) is 62.4 Å². The fraction of sp³-hybridized carbons (Fsp3) is 0.583. The van der Waals surface area contributed by atoms with Crippen LogP contribution in [0.4, 0.5) is 0 Å². The van der Waals surface area contributed by atoms with Crippen LogP contribution in [0.25, 0.3) is 0 Å².